The number of rotatable bonds is 3. The number of fused-ring (bicyclic) bond motifs is 1. The Morgan fingerprint density at radius 3 is 3.00 bits per heavy atom. The lowest BCUT2D eigenvalue weighted by Crippen LogP contribution is -2.18. The highest BCUT2D eigenvalue weighted by Gasteiger charge is 2.21. The lowest BCUT2D eigenvalue weighted by molar-refractivity contribution is 0.549. The topological polar surface area (TPSA) is 24.9 Å². The summed E-state index contributed by atoms with van der Waals surface area (Å²) in [6.45, 7) is 5.33. The highest BCUT2D eigenvalue weighted by Crippen LogP contribution is 2.34. The van der Waals surface area contributed by atoms with Gasteiger partial charge in [-0.2, -0.15) is 0 Å². The molecule has 1 aliphatic carbocycles. The molecule has 1 heterocycles. The van der Waals surface area contributed by atoms with E-state index in [1.165, 1.54) is 40.7 Å². The fraction of sp³-hybridized carbons (Fsp3) is 0.353. The standard InChI is InChI=1S/C17H20N2/c1-3-19-17-7-5-14-10-13(4-6-16(14)17)15-8-9-18-11-12(15)2/h4,6,8-11,17,19H,3,5,7H2,1-2H3. The summed E-state index contributed by atoms with van der Waals surface area (Å²) in [6.07, 6.45) is 6.22. The third kappa shape index (κ3) is 2.28. The Labute approximate surface area is 114 Å². The van der Waals surface area contributed by atoms with Crippen molar-refractivity contribution in [3.05, 3.63) is 53.3 Å². The van der Waals surface area contributed by atoms with Gasteiger partial charge in [-0.15, -0.1) is 0 Å². The van der Waals surface area contributed by atoms with Crippen LogP contribution < -0.4 is 5.32 Å². The maximum Gasteiger partial charge on any atom is 0.0326 e. The first-order valence-corrected chi connectivity index (χ1v) is 7.06. The van der Waals surface area contributed by atoms with Crippen LogP contribution in [0.1, 0.15) is 36.1 Å². The Hall–Kier alpha value is -1.67. The van der Waals surface area contributed by atoms with E-state index in [0.29, 0.717) is 6.04 Å². The molecule has 1 unspecified atom stereocenters. The lowest BCUT2D eigenvalue weighted by Gasteiger charge is -2.13. The average Bonchev–Trinajstić information content (AvgIpc) is 2.82. The maximum absolute atomic E-state index is 4.17. The van der Waals surface area contributed by atoms with Crippen LogP contribution in [0, 0.1) is 6.92 Å². The van der Waals surface area contributed by atoms with Gasteiger partial charge >= 0.3 is 0 Å². The zero-order valence-corrected chi connectivity index (χ0v) is 11.6. The number of aryl methyl sites for hydroxylation is 2. The summed E-state index contributed by atoms with van der Waals surface area (Å²) in [5.74, 6) is 0. The Morgan fingerprint density at radius 2 is 2.21 bits per heavy atom. The summed E-state index contributed by atoms with van der Waals surface area (Å²) in [6, 6.07) is 9.55. The van der Waals surface area contributed by atoms with E-state index >= 15 is 0 Å². The highest BCUT2D eigenvalue weighted by molar-refractivity contribution is 5.68. The summed E-state index contributed by atoms with van der Waals surface area (Å²) >= 11 is 0. The van der Waals surface area contributed by atoms with Gasteiger partial charge in [0.15, 0.2) is 0 Å². The number of aromatic nitrogens is 1. The van der Waals surface area contributed by atoms with Crippen molar-refractivity contribution in [3.63, 3.8) is 0 Å². The third-order valence-electron chi connectivity index (χ3n) is 4.00. The van der Waals surface area contributed by atoms with E-state index in [4.69, 9.17) is 0 Å². The van der Waals surface area contributed by atoms with Crippen molar-refractivity contribution in [2.75, 3.05) is 6.54 Å². The van der Waals surface area contributed by atoms with E-state index in [1.54, 1.807) is 0 Å². The van der Waals surface area contributed by atoms with Gasteiger partial charge in [0.1, 0.15) is 0 Å². The molecule has 2 nitrogen and oxygen atoms in total. The Morgan fingerprint density at radius 1 is 1.32 bits per heavy atom. The van der Waals surface area contributed by atoms with Crippen LogP contribution in [0.3, 0.4) is 0 Å². The first-order chi connectivity index (χ1) is 9.29. The molecule has 1 aromatic heterocycles. The second kappa shape index (κ2) is 5.14. The fourth-order valence-corrected chi connectivity index (χ4v) is 3.04. The van der Waals surface area contributed by atoms with Crippen LogP contribution in [0.15, 0.2) is 36.7 Å². The van der Waals surface area contributed by atoms with Gasteiger partial charge in [0.2, 0.25) is 0 Å². The molecule has 0 radical (unpaired) electrons. The van der Waals surface area contributed by atoms with Crippen LogP contribution in [0.25, 0.3) is 11.1 Å². The molecule has 0 saturated carbocycles. The monoisotopic (exact) mass is 252 g/mol. The highest BCUT2D eigenvalue weighted by atomic mass is 14.9. The van der Waals surface area contributed by atoms with Crippen molar-refractivity contribution >= 4 is 0 Å². The summed E-state index contributed by atoms with van der Waals surface area (Å²) in [5.41, 5.74) is 6.83. The summed E-state index contributed by atoms with van der Waals surface area (Å²) in [4.78, 5) is 4.17. The number of nitrogens with zero attached hydrogens (tertiary/aromatic N) is 1. The van der Waals surface area contributed by atoms with E-state index in [1.807, 2.05) is 12.4 Å². The zero-order chi connectivity index (χ0) is 13.2. The molecule has 1 N–H and O–H groups in total. The molecule has 2 heteroatoms. The van der Waals surface area contributed by atoms with E-state index in [2.05, 4.69) is 48.4 Å². The van der Waals surface area contributed by atoms with E-state index in [-0.39, 0.29) is 0 Å². The molecule has 0 fully saturated rings. The summed E-state index contributed by atoms with van der Waals surface area (Å²) < 4.78 is 0. The van der Waals surface area contributed by atoms with Crippen molar-refractivity contribution < 1.29 is 0 Å². The largest absolute Gasteiger partial charge is 0.310 e. The van der Waals surface area contributed by atoms with Gasteiger partial charge in [-0.3, -0.25) is 4.98 Å². The predicted octanol–water partition coefficient (Wildman–Crippen LogP) is 3.65. The van der Waals surface area contributed by atoms with Crippen molar-refractivity contribution in [1.29, 1.82) is 0 Å². The smallest absolute Gasteiger partial charge is 0.0326 e. The van der Waals surface area contributed by atoms with Crippen molar-refractivity contribution in [3.8, 4) is 11.1 Å². The fourth-order valence-electron chi connectivity index (χ4n) is 3.04. The molecule has 98 valence electrons. The van der Waals surface area contributed by atoms with E-state index in [9.17, 15) is 0 Å². The summed E-state index contributed by atoms with van der Waals surface area (Å²) in [5, 5.41) is 3.56. The van der Waals surface area contributed by atoms with Gasteiger partial charge in [-0.25, -0.2) is 0 Å². The Bertz CT molecular complexity index is 590. The minimum absolute atomic E-state index is 0.549. The Balaban J connectivity index is 1.98. The van der Waals surface area contributed by atoms with Gasteiger partial charge < -0.3 is 5.32 Å². The average molecular weight is 252 g/mol. The quantitative estimate of drug-likeness (QED) is 0.902. The second-order valence-corrected chi connectivity index (χ2v) is 5.25. The minimum Gasteiger partial charge on any atom is -0.310 e. The van der Waals surface area contributed by atoms with Crippen molar-refractivity contribution in [2.24, 2.45) is 0 Å². The van der Waals surface area contributed by atoms with Gasteiger partial charge in [-0.05, 0) is 60.2 Å². The summed E-state index contributed by atoms with van der Waals surface area (Å²) in [7, 11) is 0. The molecular formula is C17H20N2. The molecule has 19 heavy (non-hydrogen) atoms. The zero-order valence-electron chi connectivity index (χ0n) is 11.6. The number of pyridine rings is 1. The number of hydrogen-bond donors (Lipinski definition) is 1. The normalized spacial score (nSPS) is 17.5. The van der Waals surface area contributed by atoms with Crippen LogP contribution in [-0.2, 0) is 6.42 Å². The van der Waals surface area contributed by atoms with Gasteiger partial charge in [0.05, 0.1) is 0 Å². The SMILES string of the molecule is CCNC1CCc2cc(-c3ccncc3C)ccc21. The van der Waals surface area contributed by atoms with E-state index < -0.39 is 0 Å². The van der Waals surface area contributed by atoms with Gasteiger partial charge in [-0.1, -0.05) is 25.1 Å². The maximum atomic E-state index is 4.17. The molecule has 2 aromatic rings. The third-order valence-corrected chi connectivity index (χ3v) is 4.00. The molecule has 0 saturated heterocycles. The predicted molar refractivity (Wildman–Crippen MR) is 79.1 cm³/mol. The second-order valence-electron chi connectivity index (χ2n) is 5.25. The van der Waals surface area contributed by atoms with Gasteiger partial charge in [0, 0.05) is 18.4 Å². The number of hydrogen-bond acceptors (Lipinski definition) is 2. The van der Waals surface area contributed by atoms with Crippen LogP contribution >= 0.6 is 0 Å². The molecule has 0 aliphatic heterocycles. The van der Waals surface area contributed by atoms with Crippen LogP contribution in [0.5, 0.6) is 0 Å². The number of nitrogens with one attached hydrogen (secondary N) is 1. The molecule has 1 aliphatic rings. The van der Waals surface area contributed by atoms with E-state index in [0.717, 1.165) is 6.54 Å². The van der Waals surface area contributed by atoms with Crippen molar-refractivity contribution in [1.82, 2.24) is 10.3 Å². The van der Waals surface area contributed by atoms with Crippen LogP contribution in [-0.4, -0.2) is 11.5 Å². The molecule has 0 bridgehead atoms. The first kappa shape index (κ1) is 12.4. The first-order valence-electron chi connectivity index (χ1n) is 7.06. The van der Waals surface area contributed by atoms with Crippen molar-refractivity contribution in [2.45, 2.75) is 32.7 Å². The molecule has 3 rings (SSSR count). The molecule has 1 aromatic carbocycles. The lowest BCUT2D eigenvalue weighted by atomic mass is 9.98. The Kier molecular flexibility index (Phi) is 3.34. The molecule has 0 spiro atoms. The van der Waals surface area contributed by atoms with Crippen LogP contribution in [0.4, 0.5) is 0 Å². The van der Waals surface area contributed by atoms with Gasteiger partial charge in [0.25, 0.3) is 0 Å². The molecule has 1 atom stereocenters. The molecule has 0 amide bonds. The number of benzene rings is 1. The molecular weight excluding hydrogens is 232 g/mol. The minimum atomic E-state index is 0.549. The van der Waals surface area contributed by atoms with Crippen LogP contribution in [0.2, 0.25) is 0 Å².